The second kappa shape index (κ2) is 4.20. The van der Waals surface area contributed by atoms with Gasteiger partial charge in [0.25, 0.3) is 0 Å². The SMILES string of the molecule is CCOC(=O)c1csc(NC2C3C4CCC(C4)C23)n1. The topological polar surface area (TPSA) is 51.2 Å². The van der Waals surface area contributed by atoms with E-state index in [1.807, 2.05) is 6.92 Å². The number of aromatic nitrogens is 1. The van der Waals surface area contributed by atoms with Crippen molar-refractivity contribution < 1.29 is 9.53 Å². The fourth-order valence-electron chi connectivity index (χ4n) is 4.30. The maximum atomic E-state index is 11.6. The quantitative estimate of drug-likeness (QED) is 0.860. The summed E-state index contributed by atoms with van der Waals surface area (Å²) in [6.45, 7) is 2.21. The van der Waals surface area contributed by atoms with Crippen LogP contribution in [0.25, 0.3) is 0 Å². The Hall–Kier alpha value is -1.10. The number of hydrogen-bond acceptors (Lipinski definition) is 5. The lowest BCUT2D eigenvalue weighted by molar-refractivity contribution is 0.0520. The molecule has 0 aliphatic heterocycles. The van der Waals surface area contributed by atoms with Gasteiger partial charge >= 0.3 is 5.97 Å². The number of hydrogen-bond donors (Lipinski definition) is 1. The zero-order valence-corrected chi connectivity index (χ0v) is 11.8. The van der Waals surface area contributed by atoms with E-state index in [4.69, 9.17) is 4.74 Å². The summed E-state index contributed by atoms with van der Waals surface area (Å²) in [5.41, 5.74) is 0.433. The van der Waals surface area contributed by atoms with Crippen molar-refractivity contribution in [2.75, 3.05) is 11.9 Å². The average Bonchev–Trinajstić information content (AvgIpc) is 2.82. The molecule has 3 saturated carbocycles. The molecule has 3 fully saturated rings. The molecule has 19 heavy (non-hydrogen) atoms. The summed E-state index contributed by atoms with van der Waals surface area (Å²) in [5.74, 6) is 3.36. The van der Waals surface area contributed by atoms with E-state index < -0.39 is 0 Å². The maximum Gasteiger partial charge on any atom is 0.357 e. The molecule has 0 saturated heterocycles. The van der Waals surface area contributed by atoms with Gasteiger partial charge in [0.2, 0.25) is 0 Å². The van der Waals surface area contributed by atoms with Crippen LogP contribution >= 0.6 is 11.3 Å². The van der Waals surface area contributed by atoms with Gasteiger partial charge < -0.3 is 10.1 Å². The molecule has 0 radical (unpaired) electrons. The van der Waals surface area contributed by atoms with E-state index in [1.54, 1.807) is 5.38 Å². The first kappa shape index (κ1) is 11.7. The molecular weight excluding hydrogens is 260 g/mol. The third kappa shape index (κ3) is 1.78. The van der Waals surface area contributed by atoms with Crippen molar-refractivity contribution >= 4 is 22.4 Å². The monoisotopic (exact) mass is 278 g/mol. The fraction of sp³-hybridized carbons (Fsp3) is 0.714. The molecule has 0 amide bonds. The molecule has 0 aromatic carbocycles. The van der Waals surface area contributed by atoms with E-state index in [9.17, 15) is 4.79 Å². The Kier molecular flexibility index (Phi) is 2.59. The molecule has 1 aromatic heterocycles. The third-order valence-corrected chi connectivity index (χ3v) is 5.79. The zero-order chi connectivity index (χ0) is 13.0. The van der Waals surface area contributed by atoms with Crippen molar-refractivity contribution in [3.63, 3.8) is 0 Å². The predicted molar refractivity (Wildman–Crippen MR) is 73.3 cm³/mol. The normalized spacial score (nSPS) is 38.1. The van der Waals surface area contributed by atoms with Crippen LogP contribution in [0.15, 0.2) is 5.38 Å². The maximum absolute atomic E-state index is 11.6. The first-order valence-corrected chi connectivity index (χ1v) is 8.05. The van der Waals surface area contributed by atoms with Gasteiger partial charge in [0, 0.05) is 11.4 Å². The summed E-state index contributed by atoms with van der Waals surface area (Å²) in [6, 6.07) is 0.618. The lowest BCUT2D eigenvalue weighted by Crippen LogP contribution is -2.13. The number of ether oxygens (including phenoxy) is 1. The molecule has 5 heteroatoms. The van der Waals surface area contributed by atoms with Crippen molar-refractivity contribution in [2.45, 2.75) is 32.2 Å². The van der Waals surface area contributed by atoms with Crippen LogP contribution in [0.5, 0.6) is 0 Å². The number of anilines is 1. The Morgan fingerprint density at radius 1 is 1.47 bits per heavy atom. The highest BCUT2D eigenvalue weighted by atomic mass is 32.1. The lowest BCUT2D eigenvalue weighted by atomic mass is 10.0. The van der Waals surface area contributed by atoms with Crippen LogP contribution < -0.4 is 5.32 Å². The van der Waals surface area contributed by atoms with Gasteiger partial charge in [-0.2, -0.15) is 0 Å². The lowest BCUT2D eigenvalue weighted by Gasteiger charge is -2.09. The number of nitrogens with one attached hydrogen (secondary N) is 1. The van der Waals surface area contributed by atoms with E-state index in [0.717, 1.165) is 28.8 Å². The molecule has 4 nitrogen and oxygen atoms in total. The van der Waals surface area contributed by atoms with Crippen molar-refractivity contribution in [3.05, 3.63) is 11.1 Å². The van der Waals surface area contributed by atoms with Crippen LogP contribution in [0, 0.1) is 23.7 Å². The van der Waals surface area contributed by atoms with Gasteiger partial charge in [0.1, 0.15) is 0 Å². The summed E-state index contributed by atoms with van der Waals surface area (Å²) in [7, 11) is 0. The van der Waals surface area contributed by atoms with Crippen molar-refractivity contribution in [2.24, 2.45) is 23.7 Å². The minimum Gasteiger partial charge on any atom is -0.461 e. The largest absolute Gasteiger partial charge is 0.461 e. The summed E-state index contributed by atoms with van der Waals surface area (Å²) < 4.78 is 4.96. The van der Waals surface area contributed by atoms with Crippen molar-refractivity contribution in [1.82, 2.24) is 4.98 Å². The minimum absolute atomic E-state index is 0.317. The first-order valence-electron chi connectivity index (χ1n) is 7.17. The van der Waals surface area contributed by atoms with Gasteiger partial charge in [0.15, 0.2) is 10.8 Å². The zero-order valence-electron chi connectivity index (χ0n) is 11.0. The van der Waals surface area contributed by atoms with Gasteiger partial charge in [0.05, 0.1) is 6.61 Å². The number of thiazole rings is 1. The van der Waals surface area contributed by atoms with Crippen molar-refractivity contribution in [1.29, 1.82) is 0 Å². The Labute approximate surface area is 116 Å². The molecule has 4 unspecified atom stereocenters. The van der Waals surface area contributed by atoms with E-state index in [0.29, 0.717) is 18.3 Å². The van der Waals surface area contributed by atoms with E-state index in [-0.39, 0.29) is 5.97 Å². The van der Waals surface area contributed by atoms with Gasteiger partial charge in [-0.3, -0.25) is 0 Å². The van der Waals surface area contributed by atoms with Crippen LogP contribution in [-0.2, 0) is 4.74 Å². The predicted octanol–water partition coefficient (Wildman–Crippen LogP) is 2.78. The van der Waals surface area contributed by atoms with Crippen LogP contribution in [-0.4, -0.2) is 23.6 Å². The van der Waals surface area contributed by atoms with Crippen LogP contribution in [0.2, 0.25) is 0 Å². The number of fused-ring (bicyclic) bond motifs is 5. The molecule has 2 bridgehead atoms. The first-order chi connectivity index (χ1) is 9.28. The van der Waals surface area contributed by atoms with Crippen LogP contribution in [0.3, 0.4) is 0 Å². The second-order valence-electron chi connectivity index (χ2n) is 5.92. The molecule has 1 heterocycles. The molecule has 1 N–H and O–H groups in total. The number of carbonyl (C=O) groups excluding carboxylic acids is 1. The Morgan fingerprint density at radius 3 is 2.89 bits per heavy atom. The highest BCUT2D eigenvalue weighted by molar-refractivity contribution is 7.13. The van der Waals surface area contributed by atoms with Crippen LogP contribution in [0.1, 0.15) is 36.7 Å². The summed E-state index contributed by atoms with van der Waals surface area (Å²) in [6.07, 6.45) is 4.31. The highest BCUT2D eigenvalue weighted by Gasteiger charge is 2.65. The fourth-order valence-corrected chi connectivity index (χ4v) is 5.03. The van der Waals surface area contributed by atoms with Gasteiger partial charge in [-0.1, -0.05) is 0 Å². The van der Waals surface area contributed by atoms with E-state index >= 15 is 0 Å². The van der Waals surface area contributed by atoms with Gasteiger partial charge in [-0.15, -0.1) is 11.3 Å². The molecule has 102 valence electrons. The molecule has 4 atom stereocenters. The van der Waals surface area contributed by atoms with E-state index in [1.165, 1.54) is 30.6 Å². The van der Waals surface area contributed by atoms with Gasteiger partial charge in [-0.05, 0) is 49.9 Å². The molecule has 3 aliphatic carbocycles. The summed E-state index contributed by atoms with van der Waals surface area (Å²) >= 11 is 1.51. The second-order valence-corrected chi connectivity index (χ2v) is 6.77. The minimum atomic E-state index is -0.317. The molecule has 4 rings (SSSR count). The molecule has 3 aliphatic rings. The highest BCUT2D eigenvalue weighted by Crippen LogP contribution is 2.66. The number of nitrogens with zero attached hydrogens (tertiary/aromatic N) is 1. The van der Waals surface area contributed by atoms with Gasteiger partial charge in [-0.25, -0.2) is 9.78 Å². The van der Waals surface area contributed by atoms with Crippen LogP contribution in [0.4, 0.5) is 5.13 Å². The van der Waals surface area contributed by atoms with E-state index in [2.05, 4.69) is 10.3 Å². The Morgan fingerprint density at radius 2 is 2.21 bits per heavy atom. The number of esters is 1. The smallest absolute Gasteiger partial charge is 0.357 e. The molecule has 0 spiro atoms. The third-order valence-electron chi connectivity index (χ3n) is 5.01. The Balaban J connectivity index is 1.41. The van der Waals surface area contributed by atoms with Crippen molar-refractivity contribution in [3.8, 4) is 0 Å². The standard InChI is InChI=1S/C14H18N2O2S/c1-2-18-13(17)9-6-19-14(15-9)16-12-10-7-3-4-8(5-7)11(10)12/h6-8,10-12H,2-5H2,1H3,(H,15,16). The average molecular weight is 278 g/mol. The molecular formula is C14H18N2O2S. The summed E-state index contributed by atoms with van der Waals surface area (Å²) in [5, 5.41) is 6.20. The number of carbonyl (C=O) groups is 1. The number of rotatable bonds is 4. The summed E-state index contributed by atoms with van der Waals surface area (Å²) in [4.78, 5) is 15.9. The molecule has 1 aromatic rings. The Bertz CT molecular complexity index is 499.